The Morgan fingerprint density at radius 3 is 2.72 bits per heavy atom. The van der Waals surface area contributed by atoms with E-state index in [0.717, 1.165) is 24.1 Å². The van der Waals surface area contributed by atoms with Gasteiger partial charge in [-0.25, -0.2) is 4.52 Å². The molecular weight excluding hydrogens is 404 g/mol. The first kappa shape index (κ1) is 21.5. The molecule has 0 spiro atoms. The van der Waals surface area contributed by atoms with Crippen LogP contribution in [0, 0.1) is 17.2 Å². The number of nitriles is 1. The largest absolute Gasteiger partial charge is 0.382 e. The van der Waals surface area contributed by atoms with E-state index < -0.39 is 0 Å². The molecule has 1 fully saturated rings. The fraction of sp³-hybridized carbons (Fsp3) is 0.375. The van der Waals surface area contributed by atoms with E-state index in [2.05, 4.69) is 26.8 Å². The molecule has 0 aromatic carbocycles. The zero-order valence-corrected chi connectivity index (χ0v) is 18.4. The van der Waals surface area contributed by atoms with Crippen LogP contribution in [0.15, 0.2) is 36.7 Å². The molecule has 1 aliphatic carbocycles. The van der Waals surface area contributed by atoms with Crippen molar-refractivity contribution in [2.24, 2.45) is 5.92 Å². The van der Waals surface area contributed by atoms with Crippen LogP contribution >= 0.6 is 0 Å². The second kappa shape index (κ2) is 8.79. The highest BCUT2D eigenvalue weighted by Crippen LogP contribution is 2.31. The number of nitrogens with one attached hydrogen (secondary N) is 2. The van der Waals surface area contributed by atoms with Gasteiger partial charge in [0.25, 0.3) is 5.91 Å². The summed E-state index contributed by atoms with van der Waals surface area (Å²) in [7, 11) is 0. The minimum absolute atomic E-state index is 0.0894. The van der Waals surface area contributed by atoms with Crippen molar-refractivity contribution in [3.05, 3.63) is 47.8 Å². The number of carbonyl (C=O) groups excluding carboxylic acids is 2. The number of Topliss-reactive ketones (excluding diaryl/α,β-unsaturated/α-hetero) is 1. The zero-order valence-electron chi connectivity index (χ0n) is 18.4. The number of anilines is 1. The third kappa shape index (κ3) is 4.47. The molecule has 8 nitrogen and oxygen atoms in total. The highest BCUT2D eigenvalue weighted by molar-refractivity contribution is 6.00. The quantitative estimate of drug-likeness (QED) is 0.593. The summed E-state index contributed by atoms with van der Waals surface area (Å²) in [6, 6.07) is 9.71. The zero-order chi connectivity index (χ0) is 22.8. The lowest BCUT2D eigenvalue weighted by molar-refractivity contribution is -0.118. The van der Waals surface area contributed by atoms with Crippen molar-refractivity contribution in [3.8, 4) is 17.5 Å². The Hall–Kier alpha value is -3.73. The third-order valence-electron chi connectivity index (χ3n) is 5.63. The van der Waals surface area contributed by atoms with Gasteiger partial charge in [0.2, 0.25) is 0 Å². The molecule has 3 aromatic rings. The predicted molar refractivity (Wildman–Crippen MR) is 121 cm³/mol. The van der Waals surface area contributed by atoms with Crippen LogP contribution in [0.5, 0.6) is 0 Å². The van der Waals surface area contributed by atoms with Gasteiger partial charge in [-0.15, -0.1) is 0 Å². The van der Waals surface area contributed by atoms with Gasteiger partial charge in [0.05, 0.1) is 39.9 Å². The number of hydrogen-bond acceptors (Lipinski definition) is 6. The maximum Gasteiger partial charge on any atom is 0.255 e. The number of ketones is 1. The number of fused-ring (bicyclic) bond motifs is 1. The van der Waals surface area contributed by atoms with Gasteiger partial charge in [-0.1, -0.05) is 0 Å². The van der Waals surface area contributed by atoms with E-state index in [-0.39, 0.29) is 23.8 Å². The molecule has 0 aliphatic heterocycles. The van der Waals surface area contributed by atoms with Gasteiger partial charge in [-0.05, 0) is 63.8 Å². The van der Waals surface area contributed by atoms with Gasteiger partial charge in [0, 0.05) is 24.7 Å². The maximum absolute atomic E-state index is 13.0. The summed E-state index contributed by atoms with van der Waals surface area (Å²) in [6.07, 6.45) is 5.35. The number of pyridine rings is 1. The van der Waals surface area contributed by atoms with E-state index in [0.29, 0.717) is 34.8 Å². The summed E-state index contributed by atoms with van der Waals surface area (Å²) in [6.45, 7) is 5.63. The standard InChI is InChI=1S/C24H26N6O2/c1-14(2)28-21-10-22(23-5-4-19-9-17(11-25)12-27-30(19)23)26-13-20(21)24(32)29-18-7-16(8-18)6-15(3)31/h4-5,9-10,12-14,16,18H,6-8H2,1-3H3,(H,26,28)(H,29,32). The second-order valence-corrected chi connectivity index (χ2v) is 8.74. The average Bonchev–Trinajstić information content (AvgIpc) is 3.14. The first-order valence-electron chi connectivity index (χ1n) is 10.8. The van der Waals surface area contributed by atoms with Crippen LogP contribution in [0.4, 0.5) is 5.69 Å². The van der Waals surface area contributed by atoms with Crippen LogP contribution in [0.1, 0.15) is 56.0 Å². The highest BCUT2D eigenvalue weighted by Gasteiger charge is 2.31. The van der Waals surface area contributed by atoms with Gasteiger partial charge in [0.15, 0.2) is 0 Å². The van der Waals surface area contributed by atoms with Crippen molar-refractivity contribution in [1.82, 2.24) is 19.9 Å². The Morgan fingerprint density at radius 1 is 1.25 bits per heavy atom. The lowest BCUT2D eigenvalue weighted by Gasteiger charge is -2.35. The number of amides is 1. The summed E-state index contributed by atoms with van der Waals surface area (Å²) < 4.78 is 1.73. The Kier molecular flexibility index (Phi) is 5.91. The molecule has 1 amide bonds. The van der Waals surface area contributed by atoms with Crippen molar-refractivity contribution in [1.29, 1.82) is 5.26 Å². The topological polar surface area (TPSA) is 112 Å². The molecule has 0 atom stereocenters. The monoisotopic (exact) mass is 430 g/mol. The van der Waals surface area contributed by atoms with E-state index >= 15 is 0 Å². The lowest BCUT2D eigenvalue weighted by atomic mass is 9.77. The summed E-state index contributed by atoms with van der Waals surface area (Å²) in [5.74, 6) is 0.387. The van der Waals surface area contributed by atoms with Crippen LogP contribution in [0.3, 0.4) is 0 Å². The lowest BCUT2D eigenvalue weighted by Crippen LogP contribution is -2.45. The second-order valence-electron chi connectivity index (χ2n) is 8.74. The molecule has 1 saturated carbocycles. The fourth-order valence-corrected chi connectivity index (χ4v) is 4.15. The van der Waals surface area contributed by atoms with Crippen molar-refractivity contribution in [3.63, 3.8) is 0 Å². The van der Waals surface area contributed by atoms with Gasteiger partial charge in [0.1, 0.15) is 11.9 Å². The highest BCUT2D eigenvalue weighted by atomic mass is 16.1. The summed E-state index contributed by atoms with van der Waals surface area (Å²) in [4.78, 5) is 28.8. The molecule has 1 aliphatic rings. The Labute approximate surface area is 186 Å². The van der Waals surface area contributed by atoms with Gasteiger partial charge in [-0.2, -0.15) is 10.4 Å². The molecule has 3 heterocycles. The van der Waals surface area contributed by atoms with Crippen molar-refractivity contribution < 1.29 is 9.59 Å². The third-order valence-corrected chi connectivity index (χ3v) is 5.63. The molecule has 32 heavy (non-hydrogen) atoms. The van der Waals surface area contributed by atoms with Crippen LogP contribution in [0.2, 0.25) is 0 Å². The summed E-state index contributed by atoms with van der Waals surface area (Å²) in [5, 5.41) is 19.9. The van der Waals surface area contributed by atoms with Crippen LogP contribution < -0.4 is 10.6 Å². The molecular formula is C24H26N6O2. The van der Waals surface area contributed by atoms with E-state index in [1.165, 1.54) is 6.20 Å². The van der Waals surface area contributed by atoms with Crippen molar-refractivity contribution in [2.75, 3.05) is 5.32 Å². The number of hydrogen-bond donors (Lipinski definition) is 2. The number of nitrogens with zero attached hydrogens (tertiary/aromatic N) is 4. The molecule has 0 radical (unpaired) electrons. The van der Waals surface area contributed by atoms with Gasteiger partial charge < -0.3 is 15.4 Å². The van der Waals surface area contributed by atoms with Gasteiger partial charge in [-0.3, -0.25) is 9.78 Å². The predicted octanol–water partition coefficient (Wildman–Crippen LogP) is 3.58. The number of rotatable bonds is 7. The van der Waals surface area contributed by atoms with Crippen LogP contribution in [0.25, 0.3) is 16.9 Å². The van der Waals surface area contributed by atoms with E-state index in [1.807, 2.05) is 32.0 Å². The first-order chi connectivity index (χ1) is 15.3. The molecule has 8 heteroatoms. The summed E-state index contributed by atoms with van der Waals surface area (Å²) in [5.41, 5.74) is 3.92. The molecule has 0 saturated heterocycles. The smallest absolute Gasteiger partial charge is 0.255 e. The molecule has 0 unspecified atom stereocenters. The van der Waals surface area contributed by atoms with Crippen LogP contribution in [-0.4, -0.2) is 38.4 Å². The molecule has 164 valence electrons. The molecule has 0 bridgehead atoms. The first-order valence-corrected chi connectivity index (χ1v) is 10.8. The summed E-state index contributed by atoms with van der Waals surface area (Å²) >= 11 is 0. The number of carbonyl (C=O) groups is 2. The van der Waals surface area contributed by atoms with Gasteiger partial charge >= 0.3 is 0 Å². The minimum atomic E-state index is -0.171. The van der Waals surface area contributed by atoms with E-state index in [9.17, 15) is 9.59 Å². The molecule has 3 aromatic heterocycles. The number of aromatic nitrogens is 3. The van der Waals surface area contributed by atoms with E-state index in [4.69, 9.17) is 5.26 Å². The molecule has 2 N–H and O–H groups in total. The maximum atomic E-state index is 13.0. The Morgan fingerprint density at radius 2 is 2.03 bits per heavy atom. The SMILES string of the molecule is CC(=O)CC1CC(NC(=O)c2cnc(-c3ccc4cc(C#N)cnn34)cc2NC(C)C)C1. The fourth-order valence-electron chi connectivity index (χ4n) is 4.15. The molecule has 4 rings (SSSR count). The van der Waals surface area contributed by atoms with Crippen molar-refractivity contribution in [2.45, 2.75) is 52.1 Å². The normalized spacial score (nSPS) is 17.6. The van der Waals surface area contributed by atoms with Crippen LogP contribution in [-0.2, 0) is 4.79 Å². The Balaban J connectivity index is 1.58. The van der Waals surface area contributed by atoms with Crippen molar-refractivity contribution >= 4 is 22.9 Å². The average molecular weight is 431 g/mol. The Bertz CT molecular complexity index is 1220. The minimum Gasteiger partial charge on any atom is -0.382 e. The van der Waals surface area contributed by atoms with E-state index in [1.54, 1.807) is 23.7 Å².